The summed E-state index contributed by atoms with van der Waals surface area (Å²) in [6, 6.07) is 15.4. The van der Waals surface area contributed by atoms with Crippen LogP contribution in [0.1, 0.15) is 40.3 Å². The molecule has 0 unspecified atom stereocenters. The summed E-state index contributed by atoms with van der Waals surface area (Å²) in [7, 11) is 1.65. The third-order valence-corrected chi connectivity index (χ3v) is 6.15. The van der Waals surface area contributed by atoms with Gasteiger partial charge < -0.3 is 5.32 Å². The van der Waals surface area contributed by atoms with E-state index >= 15 is 0 Å². The number of carbonyl (C=O) groups is 1. The molecular formula is C27H19F3N6O2. The highest BCUT2D eigenvalue weighted by Gasteiger charge is 2.30. The number of amides is 1. The topological polar surface area (TPSA) is 106 Å². The lowest BCUT2D eigenvalue weighted by atomic mass is 10.1. The van der Waals surface area contributed by atoms with Gasteiger partial charge in [0.2, 0.25) is 0 Å². The molecule has 3 aromatic heterocycles. The molecule has 0 saturated carbocycles. The van der Waals surface area contributed by atoms with Crippen LogP contribution in [0.4, 0.5) is 13.2 Å². The number of nitrogens with zero attached hydrogens (tertiary/aromatic N) is 5. The van der Waals surface area contributed by atoms with Crippen LogP contribution in [0.15, 0.2) is 71.7 Å². The number of halogens is 3. The van der Waals surface area contributed by atoms with Crippen LogP contribution < -0.4 is 10.9 Å². The smallest absolute Gasteiger partial charge is 0.344 e. The normalized spacial score (nSPS) is 12.4. The minimum Gasteiger partial charge on any atom is -0.344 e. The van der Waals surface area contributed by atoms with Crippen molar-refractivity contribution < 1.29 is 18.0 Å². The average Bonchev–Trinajstić information content (AvgIpc) is 3.30. The molecule has 1 amide bonds. The molecule has 0 fully saturated rings. The minimum atomic E-state index is -4.51. The van der Waals surface area contributed by atoms with Crippen molar-refractivity contribution in [2.24, 2.45) is 7.05 Å². The number of carbonyl (C=O) groups excluding carboxylic acids is 1. The monoisotopic (exact) mass is 516 g/mol. The van der Waals surface area contributed by atoms with E-state index in [2.05, 4.69) is 15.4 Å². The van der Waals surface area contributed by atoms with Crippen molar-refractivity contribution in [3.8, 4) is 11.8 Å². The SMILES string of the molecule is C[C@H](NC(=O)c1ccc2c(c1)c1nn(C)cc1c(=O)n2-c1ccc(C(F)(F)F)cc1)c1cccc(C#N)n1. The van der Waals surface area contributed by atoms with E-state index in [1.807, 2.05) is 6.07 Å². The van der Waals surface area contributed by atoms with E-state index in [4.69, 9.17) is 5.26 Å². The lowest BCUT2D eigenvalue weighted by Gasteiger charge is -2.15. The van der Waals surface area contributed by atoms with Crippen molar-refractivity contribution in [2.45, 2.75) is 19.1 Å². The number of aryl methyl sites for hydroxylation is 1. The third-order valence-electron chi connectivity index (χ3n) is 6.15. The Morgan fingerprint density at radius 3 is 2.50 bits per heavy atom. The van der Waals surface area contributed by atoms with Crippen LogP contribution in [-0.4, -0.2) is 25.2 Å². The zero-order valence-electron chi connectivity index (χ0n) is 20.1. The number of hydrogen-bond acceptors (Lipinski definition) is 5. The molecule has 0 saturated heterocycles. The van der Waals surface area contributed by atoms with Gasteiger partial charge in [-0.25, -0.2) is 4.98 Å². The van der Waals surface area contributed by atoms with Crippen molar-refractivity contribution in [3.05, 3.63) is 99.7 Å². The summed E-state index contributed by atoms with van der Waals surface area (Å²) in [5.41, 5.74) is 0.738. The van der Waals surface area contributed by atoms with Crippen LogP contribution in [0.25, 0.3) is 27.5 Å². The Labute approximate surface area is 213 Å². The fourth-order valence-corrected chi connectivity index (χ4v) is 4.30. The summed E-state index contributed by atoms with van der Waals surface area (Å²) in [5.74, 6) is -0.417. The molecule has 5 aromatic rings. The molecule has 1 N–H and O–H groups in total. The third kappa shape index (κ3) is 4.37. The molecule has 0 aliphatic carbocycles. The largest absolute Gasteiger partial charge is 0.416 e. The second-order valence-electron chi connectivity index (χ2n) is 8.74. The number of nitriles is 1. The van der Waals surface area contributed by atoms with E-state index in [0.29, 0.717) is 22.1 Å². The lowest BCUT2D eigenvalue weighted by Crippen LogP contribution is -2.27. The molecule has 0 spiro atoms. The number of aromatic nitrogens is 4. The first-order valence-electron chi connectivity index (χ1n) is 11.4. The van der Waals surface area contributed by atoms with Crippen molar-refractivity contribution >= 4 is 27.7 Å². The van der Waals surface area contributed by atoms with Gasteiger partial charge in [-0.3, -0.25) is 18.8 Å². The van der Waals surface area contributed by atoms with Crippen molar-refractivity contribution in [3.63, 3.8) is 0 Å². The van der Waals surface area contributed by atoms with Gasteiger partial charge >= 0.3 is 6.18 Å². The zero-order chi connectivity index (χ0) is 27.2. The molecule has 0 bridgehead atoms. The average molecular weight is 516 g/mol. The first kappa shape index (κ1) is 24.7. The van der Waals surface area contributed by atoms with E-state index in [0.717, 1.165) is 12.1 Å². The summed E-state index contributed by atoms with van der Waals surface area (Å²) in [4.78, 5) is 30.7. The predicted molar refractivity (Wildman–Crippen MR) is 134 cm³/mol. The maximum absolute atomic E-state index is 13.4. The standard InChI is InChI=1S/C27H19F3N6O2/c1-15(22-5-3-4-18(13-31)33-22)32-25(37)16-6-11-23-20(12-16)24-21(14-35(2)34-24)26(38)36(23)19-9-7-17(8-10-19)27(28,29)30/h3-12,14-15H,1-2H3,(H,32,37)/t15-/m0/s1. The Hall–Kier alpha value is -4.98. The molecule has 2 aromatic carbocycles. The highest BCUT2D eigenvalue weighted by molar-refractivity contribution is 6.07. The molecule has 11 heteroatoms. The highest BCUT2D eigenvalue weighted by Crippen LogP contribution is 2.31. The number of nitrogens with one attached hydrogen (secondary N) is 1. The summed E-state index contributed by atoms with van der Waals surface area (Å²) < 4.78 is 42.0. The van der Waals surface area contributed by atoms with Gasteiger partial charge in [0.15, 0.2) is 0 Å². The van der Waals surface area contributed by atoms with Gasteiger partial charge in [-0.05, 0) is 61.5 Å². The number of alkyl halides is 3. The van der Waals surface area contributed by atoms with Crippen LogP contribution in [0.2, 0.25) is 0 Å². The molecule has 0 aliphatic heterocycles. The molecule has 190 valence electrons. The van der Waals surface area contributed by atoms with E-state index < -0.39 is 29.2 Å². The highest BCUT2D eigenvalue weighted by atomic mass is 19.4. The first-order chi connectivity index (χ1) is 18.1. The van der Waals surface area contributed by atoms with Gasteiger partial charge in [0.05, 0.1) is 28.2 Å². The van der Waals surface area contributed by atoms with Gasteiger partial charge in [-0.1, -0.05) is 6.07 Å². The summed E-state index contributed by atoms with van der Waals surface area (Å²) in [5, 5.41) is 17.1. The maximum atomic E-state index is 13.4. The molecule has 38 heavy (non-hydrogen) atoms. The van der Waals surface area contributed by atoms with Gasteiger partial charge in [0, 0.05) is 29.9 Å². The molecule has 1 atom stereocenters. The van der Waals surface area contributed by atoms with Crippen LogP contribution in [-0.2, 0) is 13.2 Å². The Morgan fingerprint density at radius 2 is 1.82 bits per heavy atom. The maximum Gasteiger partial charge on any atom is 0.416 e. The molecule has 3 heterocycles. The first-order valence-corrected chi connectivity index (χ1v) is 11.4. The van der Waals surface area contributed by atoms with E-state index in [1.165, 1.54) is 33.6 Å². The van der Waals surface area contributed by atoms with E-state index in [9.17, 15) is 22.8 Å². The van der Waals surface area contributed by atoms with Crippen LogP contribution in [0, 0.1) is 11.3 Å². The van der Waals surface area contributed by atoms with Crippen molar-refractivity contribution in [1.29, 1.82) is 5.26 Å². The quantitative estimate of drug-likeness (QED) is 0.374. The minimum absolute atomic E-state index is 0.230. The van der Waals surface area contributed by atoms with Gasteiger partial charge in [0.25, 0.3) is 11.5 Å². The zero-order valence-corrected chi connectivity index (χ0v) is 20.1. The van der Waals surface area contributed by atoms with E-state index in [-0.39, 0.29) is 22.3 Å². The van der Waals surface area contributed by atoms with Gasteiger partial charge in [-0.2, -0.15) is 23.5 Å². The Morgan fingerprint density at radius 1 is 1.08 bits per heavy atom. The van der Waals surface area contributed by atoms with Gasteiger partial charge in [0.1, 0.15) is 17.3 Å². The van der Waals surface area contributed by atoms with Crippen LogP contribution >= 0.6 is 0 Å². The second kappa shape index (κ2) is 9.15. The number of rotatable bonds is 4. The summed E-state index contributed by atoms with van der Waals surface area (Å²) in [6.07, 6.45) is -2.98. The van der Waals surface area contributed by atoms with Crippen LogP contribution in [0.5, 0.6) is 0 Å². The van der Waals surface area contributed by atoms with Crippen LogP contribution in [0.3, 0.4) is 0 Å². The Balaban J connectivity index is 1.60. The number of fused-ring (bicyclic) bond motifs is 3. The number of pyridine rings is 2. The summed E-state index contributed by atoms with van der Waals surface area (Å²) in [6.45, 7) is 1.74. The second-order valence-corrected chi connectivity index (χ2v) is 8.74. The Kier molecular flexibility index (Phi) is 5.95. The molecule has 0 radical (unpaired) electrons. The molecule has 8 nitrogen and oxygen atoms in total. The number of hydrogen-bond donors (Lipinski definition) is 1. The van der Waals surface area contributed by atoms with Gasteiger partial charge in [-0.15, -0.1) is 0 Å². The fourth-order valence-electron chi connectivity index (χ4n) is 4.30. The molecule has 5 rings (SSSR count). The fraction of sp³-hybridized carbons (Fsp3) is 0.148. The summed E-state index contributed by atoms with van der Waals surface area (Å²) >= 11 is 0. The molecule has 0 aliphatic rings. The lowest BCUT2D eigenvalue weighted by molar-refractivity contribution is -0.137. The Bertz CT molecular complexity index is 1810. The number of benzene rings is 2. The van der Waals surface area contributed by atoms with E-state index in [1.54, 1.807) is 44.3 Å². The predicted octanol–water partition coefficient (Wildman–Crippen LogP) is 4.65. The van der Waals surface area contributed by atoms with Crippen molar-refractivity contribution in [2.75, 3.05) is 0 Å². The van der Waals surface area contributed by atoms with Crippen molar-refractivity contribution in [1.82, 2.24) is 24.6 Å². The molecular weight excluding hydrogens is 497 g/mol.